The number of aromatic amines is 1. The fraction of sp³-hybridized carbons (Fsp3) is 0.263. The predicted octanol–water partition coefficient (Wildman–Crippen LogP) is 2.23. The van der Waals surface area contributed by atoms with Crippen molar-refractivity contribution in [2.75, 3.05) is 13.1 Å². The van der Waals surface area contributed by atoms with Crippen molar-refractivity contribution in [1.82, 2.24) is 14.5 Å². The molecule has 8 heteroatoms. The van der Waals surface area contributed by atoms with E-state index in [4.69, 9.17) is 5.73 Å². The average molecular weight is 384 g/mol. The summed E-state index contributed by atoms with van der Waals surface area (Å²) >= 11 is 0. The van der Waals surface area contributed by atoms with E-state index >= 15 is 0 Å². The van der Waals surface area contributed by atoms with Crippen molar-refractivity contribution >= 4 is 26.7 Å². The number of rotatable bonds is 4. The smallest absolute Gasteiger partial charge is 0.269 e. The Morgan fingerprint density at radius 1 is 1.11 bits per heavy atom. The summed E-state index contributed by atoms with van der Waals surface area (Å²) in [7, 11) is -3.57. The molecule has 140 valence electrons. The summed E-state index contributed by atoms with van der Waals surface area (Å²) < 4.78 is 27.9. The first-order valence-corrected chi connectivity index (χ1v) is 10.2. The minimum atomic E-state index is -3.57. The van der Waals surface area contributed by atoms with E-state index in [0.29, 0.717) is 30.8 Å². The number of primary amides is 1. The predicted molar refractivity (Wildman–Crippen MR) is 102 cm³/mol. The van der Waals surface area contributed by atoms with Crippen molar-refractivity contribution < 1.29 is 13.2 Å². The van der Waals surface area contributed by atoms with Crippen LogP contribution in [-0.4, -0.2) is 41.9 Å². The molecular weight excluding hydrogens is 364 g/mol. The Kier molecular flexibility index (Phi) is 4.45. The van der Waals surface area contributed by atoms with Crippen molar-refractivity contribution in [3.63, 3.8) is 0 Å². The topological polar surface area (TPSA) is 109 Å². The molecule has 7 nitrogen and oxygen atoms in total. The van der Waals surface area contributed by atoms with Crippen LogP contribution in [0.3, 0.4) is 0 Å². The van der Waals surface area contributed by atoms with E-state index < -0.39 is 15.9 Å². The molecule has 1 aliphatic heterocycles. The number of nitrogens with zero attached hydrogens (tertiary/aromatic N) is 2. The van der Waals surface area contributed by atoms with Crippen LogP contribution in [0.2, 0.25) is 0 Å². The molecule has 0 saturated carbocycles. The van der Waals surface area contributed by atoms with Crippen LogP contribution >= 0.6 is 0 Å². The summed E-state index contributed by atoms with van der Waals surface area (Å²) in [6.45, 7) is 0.836. The molecular formula is C19H20N4O3S. The third kappa shape index (κ3) is 3.22. The fourth-order valence-electron chi connectivity index (χ4n) is 3.64. The van der Waals surface area contributed by atoms with E-state index in [1.165, 1.54) is 4.31 Å². The molecule has 27 heavy (non-hydrogen) atoms. The molecule has 1 amide bonds. The van der Waals surface area contributed by atoms with Crippen molar-refractivity contribution in [2.45, 2.75) is 23.7 Å². The van der Waals surface area contributed by atoms with Gasteiger partial charge in [-0.1, -0.05) is 36.4 Å². The highest BCUT2D eigenvalue weighted by Gasteiger charge is 2.31. The van der Waals surface area contributed by atoms with Crippen LogP contribution in [0.25, 0.3) is 10.8 Å². The third-order valence-electron chi connectivity index (χ3n) is 5.11. The number of nitrogens with one attached hydrogen (secondary N) is 1. The maximum Gasteiger partial charge on any atom is 0.269 e. The lowest BCUT2D eigenvalue weighted by atomic mass is 9.94. The molecule has 2 heterocycles. The summed E-state index contributed by atoms with van der Waals surface area (Å²) in [4.78, 5) is 11.5. The van der Waals surface area contributed by atoms with Crippen LogP contribution in [0.1, 0.15) is 34.9 Å². The van der Waals surface area contributed by atoms with Gasteiger partial charge < -0.3 is 5.73 Å². The Hall–Kier alpha value is -2.71. The standard InChI is InChI=1S/C19H20N4O3S/c20-19(24)17-12-16(21-22-17)14-8-10-23(11-9-14)27(25,26)18-7-3-5-13-4-1-2-6-15(13)18/h1-7,12,14H,8-11H2,(H2,20,24)(H,21,22). The number of carbonyl (C=O) groups excluding carboxylic acids is 1. The quantitative estimate of drug-likeness (QED) is 0.719. The molecule has 1 saturated heterocycles. The van der Waals surface area contributed by atoms with Gasteiger partial charge in [-0.3, -0.25) is 9.89 Å². The Morgan fingerprint density at radius 3 is 2.52 bits per heavy atom. The van der Waals surface area contributed by atoms with Gasteiger partial charge in [0.2, 0.25) is 10.0 Å². The molecule has 0 atom stereocenters. The van der Waals surface area contributed by atoms with Gasteiger partial charge in [-0.25, -0.2) is 8.42 Å². The number of amides is 1. The van der Waals surface area contributed by atoms with Gasteiger partial charge in [0, 0.05) is 30.1 Å². The summed E-state index contributed by atoms with van der Waals surface area (Å²) in [6, 6.07) is 14.5. The van der Waals surface area contributed by atoms with E-state index in [1.807, 2.05) is 30.3 Å². The van der Waals surface area contributed by atoms with E-state index in [0.717, 1.165) is 16.5 Å². The van der Waals surface area contributed by atoms with Gasteiger partial charge in [-0.2, -0.15) is 9.40 Å². The molecule has 0 aliphatic carbocycles. The fourth-order valence-corrected chi connectivity index (χ4v) is 5.32. The normalized spacial score (nSPS) is 16.6. The number of carbonyl (C=O) groups is 1. The maximum absolute atomic E-state index is 13.2. The first-order valence-electron chi connectivity index (χ1n) is 8.80. The SMILES string of the molecule is NC(=O)c1cc(C2CCN(S(=O)(=O)c3cccc4ccccc34)CC2)[nH]n1. The molecule has 0 bridgehead atoms. The zero-order valence-corrected chi connectivity index (χ0v) is 15.4. The number of hydrogen-bond donors (Lipinski definition) is 2. The number of sulfonamides is 1. The second kappa shape index (κ2) is 6.79. The number of fused-ring (bicyclic) bond motifs is 1. The first-order chi connectivity index (χ1) is 13.0. The van der Waals surface area contributed by atoms with E-state index in [-0.39, 0.29) is 11.6 Å². The van der Waals surface area contributed by atoms with Crippen LogP contribution in [0.5, 0.6) is 0 Å². The van der Waals surface area contributed by atoms with Crippen molar-refractivity contribution in [3.05, 3.63) is 59.9 Å². The monoisotopic (exact) mass is 384 g/mol. The number of benzene rings is 2. The van der Waals surface area contributed by atoms with E-state index in [9.17, 15) is 13.2 Å². The van der Waals surface area contributed by atoms with Crippen LogP contribution < -0.4 is 5.73 Å². The molecule has 0 unspecified atom stereocenters. The lowest BCUT2D eigenvalue weighted by molar-refractivity contribution is 0.0995. The average Bonchev–Trinajstić information content (AvgIpc) is 3.18. The Bertz CT molecular complexity index is 1090. The van der Waals surface area contributed by atoms with E-state index in [1.54, 1.807) is 18.2 Å². The van der Waals surface area contributed by atoms with Gasteiger partial charge >= 0.3 is 0 Å². The molecule has 2 aromatic carbocycles. The lowest BCUT2D eigenvalue weighted by Gasteiger charge is -2.31. The summed E-state index contributed by atoms with van der Waals surface area (Å²) in [6.07, 6.45) is 1.31. The Morgan fingerprint density at radius 2 is 1.81 bits per heavy atom. The van der Waals surface area contributed by atoms with E-state index in [2.05, 4.69) is 10.2 Å². The number of hydrogen-bond acceptors (Lipinski definition) is 4. The highest BCUT2D eigenvalue weighted by atomic mass is 32.2. The molecule has 1 fully saturated rings. The van der Waals surface area contributed by atoms with Crippen molar-refractivity contribution in [3.8, 4) is 0 Å². The third-order valence-corrected chi connectivity index (χ3v) is 7.07. The Labute approximate surface area is 157 Å². The highest BCUT2D eigenvalue weighted by Crippen LogP contribution is 2.32. The minimum Gasteiger partial charge on any atom is -0.364 e. The molecule has 3 N–H and O–H groups in total. The van der Waals surface area contributed by atoms with Crippen LogP contribution in [-0.2, 0) is 10.0 Å². The van der Waals surface area contributed by atoms with Crippen molar-refractivity contribution in [1.29, 1.82) is 0 Å². The molecule has 0 radical (unpaired) electrons. The Balaban J connectivity index is 1.55. The highest BCUT2D eigenvalue weighted by molar-refractivity contribution is 7.89. The van der Waals surface area contributed by atoms with Gasteiger partial charge in [0.25, 0.3) is 5.91 Å². The molecule has 1 aliphatic rings. The van der Waals surface area contributed by atoms with Gasteiger partial charge in [0.1, 0.15) is 5.69 Å². The number of H-pyrrole nitrogens is 1. The zero-order chi connectivity index (χ0) is 19.0. The second-order valence-corrected chi connectivity index (χ2v) is 8.63. The molecule has 1 aromatic heterocycles. The van der Waals surface area contributed by atoms with Crippen LogP contribution in [0.4, 0.5) is 0 Å². The van der Waals surface area contributed by atoms with Crippen LogP contribution in [0, 0.1) is 0 Å². The minimum absolute atomic E-state index is 0.129. The summed E-state index contributed by atoms with van der Waals surface area (Å²) in [5.41, 5.74) is 6.27. The van der Waals surface area contributed by atoms with Crippen molar-refractivity contribution in [2.24, 2.45) is 5.73 Å². The molecule has 4 rings (SSSR count). The van der Waals surface area contributed by atoms with Gasteiger partial charge in [-0.15, -0.1) is 0 Å². The summed E-state index contributed by atoms with van der Waals surface area (Å²) in [5, 5.41) is 8.40. The second-order valence-electron chi connectivity index (χ2n) is 6.73. The largest absolute Gasteiger partial charge is 0.364 e. The first kappa shape index (κ1) is 17.7. The van der Waals surface area contributed by atoms with Gasteiger partial charge in [0.15, 0.2) is 0 Å². The summed E-state index contributed by atoms with van der Waals surface area (Å²) in [5.74, 6) is -0.446. The zero-order valence-electron chi connectivity index (χ0n) is 14.6. The number of aromatic nitrogens is 2. The molecule has 0 spiro atoms. The van der Waals surface area contributed by atoms with Gasteiger partial charge in [0.05, 0.1) is 4.90 Å². The number of piperidine rings is 1. The maximum atomic E-state index is 13.2. The van der Waals surface area contributed by atoms with Gasteiger partial charge in [-0.05, 0) is 30.4 Å². The number of nitrogens with two attached hydrogens (primary N) is 1. The van der Waals surface area contributed by atoms with Crippen LogP contribution in [0.15, 0.2) is 53.4 Å². The lowest BCUT2D eigenvalue weighted by Crippen LogP contribution is -2.38. The molecule has 3 aromatic rings.